The van der Waals surface area contributed by atoms with Gasteiger partial charge >= 0.3 is 12.1 Å². The number of hydrogen-bond acceptors (Lipinski definition) is 6. The highest BCUT2D eigenvalue weighted by molar-refractivity contribution is 5.96. The van der Waals surface area contributed by atoms with E-state index in [1.807, 2.05) is 6.07 Å². The summed E-state index contributed by atoms with van der Waals surface area (Å²) in [6.07, 6.45) is 1.03. The molecule has 1 N–H and O–H groups in total. The van der Waals surface area contributed by atoms with Crippen molar-refractivity contribution in [2.75, 3.05) is 51.0 Å². The third-order valence-corrected chi connectivity index (χ3v) is 5.48. The van der Waals surface area contributed by atoms with Crippen LogP contribution in [0.3, 0.4) is 0 Å². The summed E-state index contributed by atoms with van der Waals surface area (Å²) in [6, 6.07) is 5.16. The predicted octanol–water partition coefficient (Wildman–Crippen LogP) is 1.39. The molecule has 10 heteroatoms. The van der Waals surface area contributed by atoms with Gasteiger partial charge in [0, 0.05) is 44.0 Å². The number of amides is 4. The van der Waals surface area contributed by atoms with Gasteiger partial charge in [-0.1, -0.05) is 0 Å². The lowest BCUT2D eigenvalue weighted by atomic mass is 10.1. The number of nitrogens with one attached hydrogen (secondary N) is 1. The summed E-state index contributed by atoms with van der Waals surface area (Å²) in [5.41, 5.74) is 0.721. The van der Waals surface area contributed by atoms with Crippen LogP contribution < -0.4 is 19.7 Å². The van der Waals surface area contributed by atoms with Crippen molar-refractivity contribution in [3.8, 4) is 11.5 Å². The molecule has 3 aliphatic heterocycles. The van der Waals surface area contributed by atoms with Crippen LogP contribution in [0.15, 0.2) is 18.2 Å². The van der Waals surface area contributed by atoms with Crippen molar-refractivity contribution in [3.05, 3.63) is 18.2 Å². The van der Waals surface area contributed by atoms with Gasteiger partial charge in [0.25, 0.3) is 0 Å². The zero-order valence-electron chi connectivity index (χ0n) is 17.0. The standard InChI is InChI=1S/C20H26N4O6/c1-2-28-20(27)22-7-5-14(6-8-22)21-18(25)12-23-9-10-24(19(23)26)15-3-4-16-17(11-15)30-13-29-16/h3-4,11,14H,2,5-10,12-13H2,1H3,(H,21,25). The molecule has 0 spiro atoms. The molecule has 2 saturated heterocycles. The number of hydrogen-bond donors (Lipinski definition) is 1. The summed E-state index contributed by atoms with van der Waals surface area (Å²) < 4.78 is 15.7. The van der Waals surface area contributed by atoms with Crippen LogP contribution in [0.25, 0.3) is 0 Å². The summed E-state index contributed by atoms with van der Waals surface area (Å²) >= 11 is 0. The number of carbonyl (C=O) groups is 3. The number of anilines is 1. The molecule has 0 radical (unpaired) electrons. The predicted molar refractivity (Wildman–Crippen MR) is 107 cm³/mol. The van der Waals surface area contributed by atoms with Crippen molar-refractivity contribution in [2.24, 2.45) is 0 Å². The molecule has 30 heavy (non-hydrogen) atoms. The Labute approximate surface area is 174 Å². The molecule has 4 rings (SSSR count). The number of rotatable bonds is 5. The van der Waals surface area contributed by atoms with Gasteiger partial charge in [-0.25, -0.2) is 9.59 Å². The maximum Gasteiger partial charge on any atom is 0.409 e. The summed E-state index contributed by atoms with van der Waals surface area (Å²) in [4.78, 5) is 41.8. The minimum Gasteiger partial charge on any atom is -0.454 e. The quantitative estimate of drug-likeness (QED) is 0.776. The number of fused-ring (bicyclic) bond motifs is 1. The van der Waals surface area contributed by atoms with E-state index in [-0.39, 0.29) is 37.4 Å². The average Bonchev–Trinajstić information content (AvgIpc) is 3.35. The van der Waals surface area contributed by atoms with Gasteiger partial charge in [-0.15, -0.1) is 0 Å². The van der Waals surface area contributed by atoms with Gasteiger partial charge in [0.2, 0.25) is 12.7 Å². The zero-order valence-corrected chi connectivity index (χ0v) is 17.0. The third kappa shape index (κ3) is 4.22. The van der Waals surface area contributed by atoms with Crippen molar-refractivity contribution >= 4 is 23.7 Å². The van der Waals surface area contributed by atoms with Crippen LogP contribution in [0, 0.1) is 0 Å². The molecule has 1 aromatic rings. The van der Waals surface area contributed by atoms with E-state index in [9.17, 15) is 14.4 Å². The van der Waals surface area contributed by atoms with Crippen molar-refractivity contribution in [2.45, 2.75) is 25.8 Å². The van der Waals surface area contributed by atoms with Crippen molar-refractivity contribution in [1.82, 2.24) is 15.1 Å². The van der Waals surface area contributed by atoms with Crippen LogP contribution in [-0.2, 0) is 9.53 Å². The van der Waals surface area contributed by atoms with E-state index in [0.29, 0.717) is 57.1 Å². The second-order valence-electron chi connectivity index (χ2n) is 7.42. The molecule has 2 fully saturated rings. The van der Waals surface area contributed by atoms with E-state index in [1.54, 1.807) is 28.9 Å². The number of likely N-dealkylation sites (tertiary alicyclic amines) is 1. The third-order valence-electron chi connectivity index (χ3n) is 5.48. The van der Waals surface area contributed by atoms with Crippen molar-refractivity contribution in [3.63, 3.8) is 0 Å². The number of piperidine rings is 1. The first-order valence-electron chi connectivity index (χ1n) is 10.2. The molecular weight excluding hydrogens is 392 g/mol. The molecule has 1 aromatic carbocycles. The first-order chi connectivity index (χ1) is 14.5. The monoisotopic (exact) mass is 418 g/mol. The molecular formula is C20H26N4O6. The number of urea groups is 1. The Morgan fingerprint density at radius 3 is 2.67 bits per heavy atom. The number of nitrogens with zero attached hydrogens (tertiary/aromatic N) is 3. The zero-order chi connectivity index (χ0) is 21.1. The van der Waals surface area contributed by atoms with Gasteiger partial charge in [0.1, 0.15) is 6.54 Å². The number of carbonyl (C=O) groups excluding carboxylic acids is 3. The van der Waals surface area contributed by atoms with Gasteiger partial charge in [0.15, 0.2) is 11.5 Å². The van der Waals surface area contributed by atoms with Gasteiger partial charge in [-0.2, -0.15) is 0 Å². The number of benzene rings is 1. The van der Waals surface area contributed by atoms with Crippen LogP contribution in [0.5, 0.6) is 11.5 Å². The Balaban J connectivity index is 1.26. The maximum atomic E-state index is 12.8. The lowest BCUT2D eigenvalue weighted by Crippen LogP contribution is -2.49. The maximum absolute atomic E-state index is 12.8. The van der Waals surface area contributed by atoms with E-state index in [4.69, 9.17) is 14.2 Å². The second kappa shape index (κ2) is 8.68. The smallest absolute Gasteiger partial charge is 0.409 e. The lowest BCUT2D eigenvalue weighted by molar-refractivity contribution is -0.122. The first kappa shape index (κ1) is 20.1. The molecule has 0 saturated carbocycles. The molecule has 0 aliphatic carbocycles. The minimum absolute atomic E-state index is 0.00848. The summed E-state index contributed by atoms with van der Waals surface area (Å²) in [5.74, 6) is 1.09. The minimum atomic E-state index is -0.312. The topological polar surface area (TPSA) is 101 Å². The highest BCUT2D eigenvalue weighted by Crippen LogP contribution is 2.36. The molecule has 162 valence electrons. The summed E-state index contributed by atoms with van der Waals surface area (Å²) in [6.45, 7) is 4.39. The molecule has 0 atom stereocenters. The number of ether oxygens (including phenoxy) is 3. The fourth-order valence-electron chi connectivity index (χ4n) is 3.89. The van der Waals surface area contributed by atoms with E-state index < -0.39 is 0 Å². The van der Waals surface area contributed by atoms with Crippen molar-refractivity contribution < 1.29 is 28.6 Å². The molecule has 3 aliphatic rings. The van der Waals surface area contributed by atoms with E-state index in [0.717, 1.165) is 5.69 Å². The molecule has 0 aromatic heterocycles. The molecule has 0 bridgehead atoms. The Hall–Kier alpha value is -3.17. The van der Waals surface area contributed by atoms with Crippen LogP contribution in [0.2, 0.25) is 0 Å². The van der Waals surface area contributed by atoms with Crippen LogP contribution >= 0.6 is 0 Å². The Morgan fingerprint density at radius 1 is 1.13 bits per heavy atom. The van der Waals surface area contributed by atoms with Gasteiger partial charge in [-0.05, 0) is 31.9 Å². The summed E-state index contributed by atoms with van der Waals surface area (Å²) in [5, 5.41) is 2.98. The Morgan fingerprint density at radius 2 is 1.90 bits per heavy atom. The fraction of sp³-hybridized carbons (Fsp3) is 0.550. The fourth-order valence-corrected chi connectivity index (χ4v) is 3.89. The average molecular weight is 418 g/mol. The highest BCUT2D eigenvalue weighted by atomic mass is 16.7. The second-order valence-corrected chi connectivity index (χ2v) is 7.42. The van der Waals surface area contributed by atoms with Crippen LogP contribution in [0.4, 0.5) is 15.3 Å². The summed E-state index contributed by atoms with van der Waals surface area (Å²) in [7, 11) is 0. The molecule has 4 amide bonds. The van der Waals surface area contributed by atoms with E-state index in [1.165, 1.54) is 4.90 Å². The van der Waals surface area contributed by atoms with E-state index >= 15 is 0 Å². The Bertz CT molecular complexity index is 824. The Kier molecular flexibility index (Phi) is 5.82. The van der Waals surface area contributed by atoms with Crippen LogP contribution in [0.1, 0.15) is 19.8 Å². The lowest BCUT2D eigenvalue weighted by Gasteiger charge is -2.31. The van der Waals surface area contributed by atoms with Gasteiger partial charge in [0.05, 0.1) is 6.61 Å². The highest BCUT2D eigenvalue weighted by Gasteiger charge is 2.32. The molecule has 3 heterocycles. The SMILES string of the molecule is CCOC(=O)N1CCC(NC(=O)CN2CCN(c3ccc4c(c3)OCO4)C2=O)CC1. The van der Waals surface area contributed by atoms with Gasteiger partial charge < -0.3 is 29.3 Å². The van der Waals surface area contributed by atoms with E-state index in [2.05, 4.69) is 5.32 Å². The first-order valence-corrected chi connectivity index (χ1v) is 10.2. The van der Waals surface area contributed by atoms with Crippen molar-refractivity contribution in [1.29, 1.82) is 0 Å². The van der Waals surface area contributed by atoms with Gasteiger partial charge in [-0.3, -0.25) is 9.69 Å². The largest absolute Gasteiger partial charge is 0.454 e. The normalized spacial score (nSPS) is 18.7. The molecule has 10 nitrogen and oxygen atoms in total. The molecule has 0 unspecified atom stereocenters. The van der Waals surface area contributed by atoms with Crippen LogP contribution in [-0.4, -0.2) is 80.0 Å².